The summed E-state index contributed by atoms with van der Waals surface area (Å²) in [5.41, 5.74) is 5.68. The zero-order chi connectivity index (χ0) is 14.4. The van der Waals surface area contributed by atoms with Crippen molar-refractivity contribution >= 4 is 11.8 Å². The minimum absolute atomic E-state index is 0.0335. The number of carbonyl (C=O) groups is 2. The summed E-state index contributed by atoms with van der Waals surface area (Å²) in [6.45, 7) is 1.74. The molecule has 0 heterocycles. The van der Waals surface area contributed by atoms with E-state index < -0.39 is 30.1 Å². The van der Waals surface area contributed by atoms with Gasteiger partial charge in [0.15, 0.2) is 11.9 Å². The third-order valence-corrected chi connectivity index (χ3v) is 2.53. The van der Waals surface area contributed by atoms with Crippen LogP contribution < -0.4 is 5.73 Å². The number of hydrogen-bond donors (Lipinski definition) is 2. The van der Waals surface area contributed by atoms with Crippen molar-refractivity contribution in [1.82, 2.24) is 0 Å². The summed E-state index contributed by atoms with van der Waals surface area (Å²) in [5.74, 6) is -1.99. The second-order valence-electron chi connectivity index (χ2n) is 3.91. The van der Waals surface area contributed by atoms with Gasteiger partial charge in [-0.3, -0.25) is 4.79 Å². The number of nitrogens with two attached hydrogens (primary N) is 1. The highest BCUT2D eigenvalue weighted by Crippen LogP contribution is 2.13. The first-order chi connectivity index (χ1) is 8.99. The molecule has 0 aliphatic rings. The minimum Gasteiger partial charge on any atom is -0.464 e. The van der Waals surface area contributed by atoms with Gasteiger partial charge in [-0.05, 0) is 13.0 Å². The van der Waals surface area contributed by atoms with Gasteiger partial charge >= 0.3 is 5.97 Å². The van der Waals surface area contributed by atoms with Crippen LogP contribution in [0.2, 0.25) is 0 Å². The standard InChI is InChI=1S/C13H16FNO4/c1-2-19-13(18)12(17)6-11(16)8-3-4-9(7-15)10(14)5-8/h3-5,12,17H,2,6-7,15H2,1H3. The van der Waals surface area contributed by atoms with Gasteiger partial charge in [0.1, 0.15) is 5.82 Å². The molecule has 3 N–H and O–H groups in total. The first-order valence-corrected chi connectivity index (χ1v) is 5.86. The Kier molecular flexibility index (Phi) is 5.59. The number of carbonyl (C=O) groups excluding carboxylic acids is 2. The highest BCUT2D eigenvalue weighted by atomic mass is 19.1. The van der Waals surface area contributed by atoms with Crippen LogP contribution in [-0.2, 0) is 16.1 Å². The van der Waals surface area contributed by atoms with Gasteiger partial charge in [-0.25, -0.2) is 9.18 Å². The first kappa shape index (κ1) is 15.3. The van der Waals surface area contributed by atoms with Gasteiger partial charge in [0.2, 0.25) is 0 Å². The molecule has 0 aliphatic heterocycles. The predicted molar refractivity (Wildman–Crippen MR) is 65.9 cm³/mol. The Bertz CT molecular complexity index is 476. The number of ketones is 1. The summed E-state index contributed by atoms with van der Waals surface area (Å²) in [6.07, 6.45) is -1.98. The summed E-state index contributed by atoms with van der Waals surface area (Å²) < 4.78 is 18.0. The Morgan fingerprint density at radius 1 is 1.47 bits per heavy atom. The summed E-state index contributed by atoms with van der Waals surface area (Å²) >= 11 is 0. The number of halogens is 1. The molecule has 0 radical (unpaired) electrons. The van der Waals surface area contributed by atoms with E-state index in [0.717, 1.165) is 6.07 Å². The van der Waals surface area contributed by atoms with E-state index in [1.54, 1.807) is 6.92 Å². The highest BCUT2D eigenvalue weighted by Gasteiger charge is 2.21. The van der Waals surface area contributed by atoms with Gasteiger partial charge in [-0.15, -0.1) is 0 Å². The number of benzene rings is 1. The average molecular weight is 269 g/mol. The molecule has 0 aromatic heterocycles. The first-order valence-electron chi connectivity index (χ1n) is 5.86. The van der Waals surface area contributed by atoms with E-state index in [1.165, 1.54) is 12.1 Å². The summed E-state index contributed by atoms with van der Waals surface area (Å²) in [4.78, 5) is 22.9. The lowest BCUT2D eigenvalue weighted by Gasteiger charge is -2.09. The lowest BCUT2D eigenvalue weighted by Crippen LogP contribution is -2.26. The third kappa shape index (κ3) is 4.11. The summed E-state index contributed by atoms with van der Waals surface area (Å²) in [6, 6.07) is 3.85. The third-order valence-electron chi connectivity index (χ3n) is 2.53. The van der Waals surface area contributed by atoms with Crippen LogP contribution in [0.25, 0.3) is 0 Å². The second kappa shape index (κ2) is 6.96. The molecule has 0 aliphatic carbocycles. The highest BCUT2D eigenvalue weighted by molar-refractivity contribution is 5.98. The Morgan fingerprint density at radius 2 is 2.16 bits per heavy atom. The van der Waals surface area contributed by atoms with Gasteiger partial charge in [0, 0.05) is 24.1 Å². The zero-order valence-corrected chi connectivity index (χ0v) is 10.6. The van der Waals surface area contributed by atoms with Crippen LogP contribution in [0.15, 0.2) is 18.2 Å². The molecule has 0 spiro atoms. The maximum Gasteiger partial charge on any atom is 0.335 e. The lowest BCUT2D eigenvalue weighted by molar-refractivity contribution is -0.152. The van der Waals surface area contributed by atoms with Crippen molar-refractivity contribution in [3.05, 3.63) is 35.1 Å². The summed E-state index contributed by atoms with van der Waals surface area (Å²) in [5, 5.41) is 9.44. The van der Waals surface area contributed by atoms with Crippen molar-refractivity contribution in [2.45, 2.75) is 26.0 Å². The van der Waals surface area contributed by atoms with Crippen molar-refractivity contribution < 1.29 is 23.8 Å². The van der Waals surface area contributed by atoms with Gasteiger partial charge in [0.05, 0.1) is 6.61 Å². The quantitative estimate of drug-likeness (QED) is 0.588. The molecule has 1 aromatic carbocycles. The molecular weight excluding hydrogens is 253 g/mol. The predicted octanol–water partition coefficient (Wildman–Crippen LogP) is 0.781. The molecule has 1 unspecified atom stereocenters. The van der Waals surface area contributed by atoms with E-state index in [-0.39, 0.29) is 18.7 Å². The van der Waals surface area contributed by atoms with E-state index in [9.17, 15) is 19.1 Å². The number of rotatable bonds is 6. The van der Waals surface area contributed by atoms with Crippen LogP contribution in [0.5, 0.6) is 0 Å². The zero-order valence-electron chi connectivity index (χ0n) is 10.6. The normalized spacial score (nSPS) is 12.0. The topological polar surface area (TPSA) is 89.6 Å². The van der Waals surface area contributed by atoms with E-state index in [0.29, 0.717) is 5.56 Å². The monoisotopic (exact) mass is 269 g/mol. The van der Waals surface area contributed by atoms with Crippen LogP contribution in [0.1, 0.15) is 29.3 Å². The van der Waals surface area contributed by atoms with E-state index in [4.69, 9.17) is 5.73 Å². The fourth-order valence-electron chi connectivity index (χ4n) is 1.50. The molecule has 0 fully saturated rings. The van der Waals surface area contributed by atoms with Gasteiger partial charge in [0.25, 0.3) is 0 Å². The molecule has 1 aromatic rings. The smallest absolute Gasteiger partial charge is 0.335 e. The van der Waals surface area contributed by atoms with Crippen molar-refractivity contribution in [3.63, 3.8) is 0 Å². The second-order valence-corrected chi connectivity index (χ2v) is 3.91. The van der Waals surface area contributed by atoms with Crippen LogP contribution in [-0.4, -0.2) is 29.6 Å². The van der Waals surface area contributed by atoms with Crippen molar-refractivity contribution in [1.29, 1.82) is 0 Å². The minimum atomic E-state index is -1.54. The number of hydrogen-bond acceptors (Lipinski definition) is 5. The molecule has 0 saturated carbocycles. The SMILES string of the molecule is CCOC(=O)C(O)CC(=O)c1ccc(CN)c(F)c1. The molecular formula is C13H16FNO4. The van der Waals surface area contributed by atoms with Gasteiger partial charge < -0.3 is 15.6 Å². The van der Waals surface area contributed by atoms with Gasteiger partial charge in [-0.2, -0.15) is 0 Å². The van der Waals surface area contributed by atoms with E-state index in [2.05, 4.69) is 4.74 Å². The van der Waals surface area contributed by atoms with E-state index >= 15 is 0 Å². The number of ether oxygens (including phenoxy) is 1. The molecule has 104 valence electrons. The molecule has 6 heteroatoms. The Hall–Kier alpha value is -1.79. The molecule has 1 atom stereocenters. The molecule has 19 heavy (non-hydrogen) atoms. The van der Waals surface area contributed by atoms with Crippen molar-refractivity contribution in [2.75, 3.05) is 6.61 Å². The number of aliphatic hydroxyl groups is 1. The van der Waals surface area contributed by atoms with E-state index in [1.807, 2.05) is 0 Å². The fourth-order valence-corrected chi connectivity index (χ4v) is 1.50. The van der Waals surface area contributed by atoms with Crippen molar-refractivity contribution in [2.24, 2.45) is 5.73 Å². The number of Topliss-reactive ketones (excluding diaryl/α,β-unsaturated/α-hetero) is 1. The van der Waals surface area contributed by atoms with Crippen LogP contribution in [0, 0.1) is 5.82 Å². The summed E-state index contributed by atoms with van der Waals surface area (Å²) in [7, 11) is 0. The Balaban J connectivity index is 2.73. The average Bonchev–Trinajstić information content (AvgIpc) is 2.38. The molecule has 0 amide bonds. The van der Waals surface area contributed by atoms with Crippen LogP contribution >= 0.6 is 0 Å². The maximum atomic E-state index is 13.4. The van der Waals surface area contributed by atoms with Crippen molar-refractivity contribution in [3.8, 4) is 0 Å². The lowest BCUT2D eigenvalue weighted by atomic mass is 10.0. The van der Waals surface area contributed by atoms with Gasteiger partial charge in [-0.1, -0.05) is 12.1 Å². The number of esters is 1. The Labute approximate surface area is 110 Å². The molecule has 1 rings (SSSR count). The number of aliphatic hydroxyl groups excluding tert-OH is 1. The maximum absolute atomic E-state index is 13.4. The fraction of sp³-hybridized carbons (Fsp3) is 0.385. The van der Waals surface area contributed by atoms with Crippen LogP contribution in [0.4, 0.5) is 4.39 Å². The Morgan fingerprint density at radius 3 is 2.68 bits per heavy atom. The molecule has 0 bridgehead atoms. The van der Waals surface area contributed by atoms with Crippen LogP contribution in [0.3, 0.4) is 0 Å². The molecule has 5 nitrogen and oxygen atoms in total. The molecule has 0 saturated heterocycles. The largest absolute Gasteiger partial charge is 0.464 e.